The van der Waals surface area contributed by atoms with Crippen LogP contribution in [0.2, 0.25) is 0 Å². The fraction of sp³-hybridized carbons (Fsp3) is 0.370. The average Bonchev–Trinajstić information content (AvgIpc) is 3.44. The molecule has 2 heterocycles. The van der Waals surface area contributed by atoms with E-state index in [0.29, 0.717) is 36.0 Å². The number of benzene rings is 2. The van der Waals surface area contributed by atoms with Gasteiger partial charge in [0.05, 0.1) is 29.2 Å². The standard InChI is InChI=1S/C27H29N5O2/c1-3-32(27(33)26-30-22-12-11-18(15-28)13-23(22)31-26)20-8-6-7-19(14-20)29-16-25-17(2)21-9-4-5-10-24(21)34-25/h4-5,9-13,19-20,29H,3,6-8,14,16H2,1-2H3,(H,30,31). The zero-order chi connectivity index (χ0) is 23.7. The number of aromatic nitrogens is 2. The molecule has 2 atom stereocenters. The van der Waals surface area contributed by atoms with Crippen molar-refractivity contribution in [1.29, 1.82) is 5.26 Å². The lowest BCUT2D eigenvalue weighted by molar-refractivity contribution is 0.0616. The van der Waals surface area contributed by atoms with Crippen molar-refractivity contribution in [3.8, 4) is 6.07 Å². The van der Waals surface area contributed by atoms with E-state index in [1.165, 1.54) is 5.56 Å². The molecule has 0 aliphatic heterocycles. The summed E-state index contributed by atoms with van der Waals surface area (Å²) in [6.45, 7) is 5.43. The van der Waals surface area contributed by atoms with Gasteiger partial charge in [0.15, 0.2) is 5.82 Å². The number of imidazole rings is 1. The molecule has 1 fully saturated rings. The van der Waals surface area contributed by atoms with E-state index >= 15 is 0 Å². The van der Waals surface area contributed by atoms with E-state index in [-0.39, 0.29) is 11.9 Å². The number of aryl methyl sites for hydroxylation is 1. The number of carbonyl (C=O) groups is 1. The lowest BCUT2D eigenvalue weighted by atomic mass is 9.89. The fourth-order valence-corrected chi connectivity index (χ4v) is 5.14. The molecule has 2 N–H and O–H groups in total. The first-order valence-corrected chi connectivity index (χ1v) is 12.0. The molecule has 7 nitrogen and oxygen atoms in total. The molecule has 0 radical (unpaired) electrons. The number of hydrogen-bond donors (Lipinski definition) is 2. The van der Waals surface area contributed by atoms with Crippen molar-refractivity contribution in [1.82, 2.24) is 20.2 Å². The number of nitrogens with zero attached hydrogens (tertiary/aromatic N) is 3. The summed E-state index contributed by atoms with van der Waals surface area (Å²) in [4.78, 5) is 22.9. The number of furan rings is 1. The topological polar surface area (TPSA) is 98.0 Å². The molecule has 2 aromatic heterocycles. The van der Waals surface area contributed by atoms with E-state index in [2.05, 4.69) is 34.3 Å². The molecule has 4 aromatic rings. The third-order valence-electron chi connectivity index (χ3n) is 7.00. The first kappa shape index (κ1) is 22.2. The second-order valence-corrected chi connectivity index (χ2v) is 9.06. The predicted octanol–water partition coefficient (Wildman–Crippen LogP) is 5.05. The molecule has 0 bridgehead atoms. The van der Waals surface area contributed by atoms with E-state index in [1.54, 1.807) is 18.2 Å². The summed E-state index contributed by atoms with van der Waals surface area (Å²) in [7, 11) is 0. The number of nitriles is 1. The number of hydrogen-bond acceptors (Lipinski definition) is 5. The smallest absolute Gasteiger partial charge is 0.289 e. The molecule has 1 saturated carbocycles. The molecular formula is C27H29N5O2. The summed E-state index contributed by atoms with van der Waals surface area (Å²) < 4.78 is 6.07. The van der Waals surface area contributed by atoms with E-state index in [0.717, 1.165) is 47.9 Å². The molecule has 34 heavy (non-hydrogen) atoms. The van der Waals surface area contributed by atoms with Crippen molar-refractivity contribution in [2.24, 2.45) is 0 Å². The van der Waals surface area contributed by atoms with Crippen LogP contribution >= 0.6 is 0 Å². The quantitative estimate of drug-likeness (QED) is 0.424. The van der Waals surface area contributed by atoms with Crippen molar-refractivity contribution < 1.29 is 9.21 Å². The van der Waals surface area contributed by atoms with Crippen LogP contribution in [0, 0.1) is 18.3 Å². The van der Waals surface area contributed by atoms with Crippen LogP contribution in [-0.2, 0) is 6.54 Å². The van der Waals surface area contributed by atoms with Gasteiger partial charge in [-0.3, -0.25) is 4.79 Å². The molecule has 174 valence electrons. The average molecular weight is 456 g/mol. The Morgan fingerprint density at radius 2 is 2.15 bits per heavy atom. The minimum absolute atomic E-state index is 0.0870. The van der Waals surface area contributed by atoms with Crippen molar-refractivity contribution >= 4 is 27.9 Å². The van der Waals surface area contributed by atoms with Gasteiger partial charge in [-0.1, -0.05) is 18.2 Å². The number of amides is 1. The molecular weight excluding hydrogens is 426 g/mol. The minimum atomic E-state index is -0.0870. The Bertz CT molecular complexity index is 1380. The van der Waals surface area contributed by atoms with E-state index in [1.807, 2.05) is 30.0 Å². The lowest BCUT2D eigenvalue weighted by Gasteiger charge is -2.37. The molecule has 1 amide bonds. The van der Waals surface area contributed by atoms with Gasteiger partial charge >= 0.3 is 0 Å². The molecule has 1 aliphatic carbocycles. The second kappa shape index (κ2) is 9.32. The Morgan fingerprint density at radius 1 is 1.29 bits per heavy atom. The number of carbonyl (C=O) groups excluding carboxylic acids is 1. The first-order chi connectivity index (χ1) is 16.6. The molecule has 0 spiro atoms. The SMILES string of the molecule is CCN(C(=O)c1nc2cc(C#N)ccc2[nH]1)C1CCCC(NCc2oc3ccccc3c2C)C1. The van der Waals surface area contributed by atoms with Gasteiger partial charge in [0, 0.05) is 24.0 Å². The highest BCUT2D eigenvalue weighted by Gasteiger charge is 2.30. The molecule has 7 heteroatoms. The molecule has 5 rings (SSSR count). The number of nitrogens with one attached hydrogen (secondary N) is 2. The van der Waals surface area contributed by atoms with Crippen LogP contribution in [0.25, 0.3) is 22.0 Å². The number of fused-ring (bicyclic) bond motifs is 2. The van der Waals surface area contributed by atoms with Crippen LogP contribution < -0.4 is 5.32 Å². The maximum Gasteiger partial charge on any atom is 0.289 e. The largest absolute Gasteiger partial charge is 0.459 e. The Morgan fingerprint density at radius 3 is 2.94 bits per heavy atom. The maximum atomic E-state index is 13.4. The highest BCUT2D eigenvalue weighted by atomic mass is 16.3. The fourth-order valence-electron chi connectivity index (χ4n) is 5.14. The summed E-state index contributed by atoms with van der Waals surface area (Å²) >= 11 is 0. The summed E-state index contributed by atoms with van der Waals surface area (Å²) in [6, 6.07) is 16.0. The van der Waals surface area contributed by atoms with Gasteiger partial charge in [-0.15, -0.1) is 0 Å². The van der Waals surface area contributed by atoms with Crippen molar-refractivity contribution in [3.63, 3.8) is 0 Å². The van der Waals surface area contributed by atoms with Crippen molar-refractivity contribution in [2.45, 2.75) is 58.2 Å². The molecule has 1 aliphatic rings. The summed E-state index contributed by atoms with van der Waals surface area (Å²) in [5.74, 6) is 1.22. The Balaban J connectivity index is 1.27. The number of aromatic amines is 1. The Labute approximate surface area is 198 Å². The summed E-state index contributed by atoms with van der Waals surface area (Å²) in [6.07, 6.45) is 4.04. The Hall–Kier alpha value is -3.63. The molecule has 0 saturated heterocycles. The minimum Gasteiger partial charge on any atom is -0.459 e. The number of para-hydroxylation sites is 1. The number of H-pyrrole nitrogens is 1. The van der Waals surface area contributed by atoms with E-state index < -0.39 is 0 Å². The highest BCUT2D eigenvalue weighted by Crippen LogP contribution is 2.27. The third kappa shape index (κ3) is 4.17. The van der Waals surface area contributed by atoms with E-state index in [4.69, 9.17) is 9.68 Å². The van der Waals surface area contributed by atoms with Gasteiger partial charge in [-0.05, 0) is 69.4 Å². The van der Waals surface area contributed by atoms with Crippen LogP contribution in [-0.4, -0.2) is 39.4 Å². The van der Waals surface area contributed by atoms with Crippen molar-refractivity contribution in [3.05, 3.63) is 65.2 Å². The zero-order valence-corrected chi connectivity index (χ0v) is 19.6. The van der Waals surface area contributed by atoms with Gasteiger partial charge in [0.2, 0.25) is 0 Å². The predicted molar refractivity (Wildman–Crippen MR) is 131 cm³/mol. The molecule has 2 aromatic carbocycles. The number of rotatable bonds is 6. The first-order valence-electron chi connectivity index (χ1n) is 12.0. The van der Waals surface area contributed by atoms with Crippen LogP contribution in [0.1, 0.15) is 60.1 Å². The van der Waals surface area contributed by atoms with Gasteiger partial charge in [-0.2, -0.15) is 5.26 Å². The van der Waals surface area contributed by atoms with Gasteiger partial charge < -0.3 is 19.6 Å². The summed E-state index contributed by atoms with van der Waals surface area (Å²) in [5, 5.41) is 14.0. The lowest BCUT2D eigenvalue weighted by Crippen LogP contribution is -2.47. The zero-order valence-electron chi connectivity index (χ0n) is 19.6. The third-order valence-corrected chi connectivity index (χ3v) is 7.00. The van der Waals surface area contributed by atoms with Crippen molar-refractivity contribution in [2.75, 3.05) is 6.54 Å². The van der Waals surface area contributed by atoms with Crippen LogP contribution in [0.5, 0.6) is 0 Å². The van der Waals surface area contributed by atoms with Crippen LogP contribution in [0.3, 0.4) is 0 Å². The summed E-state index contributed by atoms with van der Waals surface area (Å²) in [5.41, 5.74) is 4.05. The molecule has 2 unspecified atom stereocenters. The normalized spacial score (nSPS) is 18.3. The highest BCUT2D eigenvalue weighted by molar-refractivity contribution is 5.94. The van der Waals surface area contributed by atoms with Gasteiger partial charge in [0.25, 0.3) is 5.91 Å². The monoisotopic (exact) mass is 455 g/mol. The second-order valence-electron chi connectivity index (χ2n) is 9.06. The Kier molecular flexibility index (Phi) is 6.08. The van der Waals surface area contributed by atoms with Gasteiger partial charge in [-0.25, -0.2) is 4.98 Å². The van der Waals surface area contributed by atoms with Crippen LogP contribution in [0.4, 0.5) is 0 Å². The maximum absolute atomic E-state index is 13.4. The van der Waals surface area contributed by atoms with Gasteiger partial charge in [0.1, 0.15) is 11.3 Å². The van der Waals surface area contributed by atoms with Crippen LogP contribution in [0.15, 0.2) is 46.9 Å². The van der Waals surface area contributed by atoms with E-state index in [9.17, 15) is 4.79 Å².